The number of piperidine rings is 1. The van der Waals surface area contributed by atoms with Gasteiger partial charge in [0.25, 0.3) is 5.91 Å². The number of nitrogens with zero attached hydrogens (tertiary/aromatic N) is 3. The van der Waals surface area contributed by atoms with E-state index in [1.165, 1.54) is 6.42 Å². The molecule has 3 rings (SSSR count). The van der Waals surface area contributed by atoms with Crippen molar-refractivity contribution < 1.29 is 4.79 Å². The third kappa shape index (κ3) is 4.21. The minimum Gasteiger partial charge on any atom is -0.348 e. The number of carbonyl (C=O) groups excluding carboxylic acids is 1. The number of carbonyl (C=O) groups is 1. The average Bonchev–Trinajstić information content (AvgIpc) is 2.67. The highest BCUT2D eigenvalue weighted by Gasteiger charge is 2.27. The number of hydrogen-bond donors (Lipinski definition) is 1. The lowest BCUT2D eigenvalue weighted by atomic mass is 9.99. The SMILES string of the molecule is CCC1CCCCN1C(=O)c1cc(C)nc(NC(C)c2ccccc2)n1. The minimum atomic E-state index is 0.0254. The van der Waals surface area contributed by atoms with Gasteiger partial charge in [-0.1, -0.05) is 37.3 Å². The number of anilines is 1. The van der Waals surface area contributed by atoms with Crippen LogP contribution in [0.4, 0.5) is 5.95 Å². The van der Waals surface area contributed by atoms with Crippen molar-refractivity contribution >= 4 is 11.9 Å². The largest absolute Gasteiger partial charge is 0.348 e. The highest BCUT2D eigenvalue weighted by atomic mass is 16.2. The van der Waals surface area contributed by atoms with E-state index in [1.54, 1.807) is 6.07 Å². The van der Waals surface area contributed by atoms with Crippen LogP contribution in [0.1, 0.15) is 67.3 Å². The molecule has 1 aromatic carbocycles. The molecule has 0 radical (unpaired) electrons. The second-order valence-corrected chi connectivity index (χ2v) is 7.05. The number of hydrogen-bond acceptors (Lipinski definition) is 4. The molecule has 1 aromatic heterocycles. The van der Waals surface area contributed by atoms with Gasteiger partial charge in [-0.25, -0.2) is 9.97 Å². The summed E-state index contributed by atoms with van der Waals surface area (Å²) in [5.74, 6) is 0.534. The highest BCUT2D eigenvalue weighted by Crippen LogP contribution is 2.22. The van der Waals surface area contributed by atoms with Crippen LogP contribution in [0.15, 0.2) is 36.4 Å². The monoisotopic (exact) mass is 352 g/mol. The van der Waals surface area contributed by atoms with Crippen molar-refractivity contribution in [2.45, 2.75) is 58.5 Å². The molecule has 2 atom stereocenters. The average molecular weight is 352 g/mol. The first-order chi connectivity index (χ1) is 12.6. The molecule has 1 aliphatic heterocycles. The number of likely N-dealkylation sites (tertiary alicyclic amines) is 1. The van der Waals surface area contributed by atoms with Crippen LogP contribution in [0.5, 0.6) is 0 Å². The molecular weight excluding hydrogens is 324 g/mol. The quantitative estimate of drug-likeness (QED) is 0.868. The van der Waals surface area contributed by atoms with E-state index in [9.17, 15) is 4.79 Å². The molecule has 1 amide bonds. The predicted molar refractivity (Wildman–Crippen MR) is 104 cm³/mol. The van der Waals surface area contributed by atoms with E-state index in [-0.39, 0.29) is 11.9 Å². The lowest BCUT2D eigenvalue weighted by molar-refractivity contribution is 0.0601. The van der Waals surface area contributed by atoms with E-state index < -0.39 is 0 Å². The Kier molecular flexibility index (Phi) is 5.86. The zero-order valence-corrected chi connectivity index (χ0v) is 15.9. The fraction of sp³-hybridized carbons (Fsp3) is 0.476. The van der Waals surface area contributed by atoms with Gasteiger partial charge in [0.2, 0.25) is 5.95 Å². The molecular formula is C21H28N4O. The summed E-state index contributed by atoms with van der Waals surface area (Å²) >= 11 is 0. The van der Waals surface area contributed by atoms with E-state index in [1.807, 2.05) is 30.0 Å². The number of aromatic nitrogens is 2. The number of nitrogens with one attached hydrogen (secondary N) is 1. The van der Waals surface area contributed by atoms with Crippen molar-refractivity contribution in [1.82, 2.24) is 14.9 Å². The lowest BCUT2D eigenvalue weighted by Crippen LogP contribution is -2.43. The van der Waals surface area contributed by atoms with E-state index in [4.69, 9.17) is 0 Å². The number of benzene rings is 1. The van der Waals surface area contributed by atoms with Crippen molar-refractivity contribution in [1.29, 1.82) is 0 Å². The molecule has 2 unspecified atom stereocenters. The Hall–Kier alpha value is -2.43. The van der Waals surface area contributed by atoms with Crippen LogP contribution < -0.4 is 5.32 Å². The molecule has 0 spiro atoms. The molecule has 0 saturated carbocycles. The van der Waals surface area contributed by atoms with E-state index in [0.29, 0.717) is 17.7 Å². The molecule has 1 fully saturated rings. The summed E-state index contributed by atoms with van der Waals surface area (Å²) in [6.45, 7) is 6.95. The van der Waals surface area contributed by atoms with Gasteiger partial charge in [-0.2, -0.15) is 0 Å². The first-order valence-electron chi connectivity index (χ1n) is 9.56. The van der Waals surface area contributed by atoms with Crippen LogP contribution in [0.3, 0.4) is 0 Å². The molecule has 0 bridgehead atoms. The topological polar surface area (TPSA) is 58.1 Å². The first kappa shape index (κ1) is 18.4. The second-order valence-electron chi connectivity index (χ2n) is 7.05. The molecule has 26 heavy (non-hydrogen) atoms. The molecule has 1 aliphatic rings. The molecule has 1 saturated heterocycles. The van der Waals surface area contributed by atoms with Gasteiger partial charge in [0.05, 0.1) is 6.04 Å². The fourth-order valence-electron chi connectivity index (χ4n) is 3.60. The van der Waals surface area contributed by atoms with Gasteiger partial charge < -0.3 is 10.2 Å². The molecule has 138 valence electrons. The van der Waals surface area contributed by atoms with Gasteiger partial charge in [0.1, 0.15) is 5.69 Å². The maximum absolute atomic E-state index is 13.0. The van der Waals surface area contributed by atoms with E-state index in [2.05, 4.69) is 41.3 Å². The van der Waals surface area contributed by atoms with Gasteiger partial charge in [-0.15, -0.1) is 0 Å². The van der Waals surface area contributed by atoms with E-state index >= 15 is 0 Å². The maximum Gasteiger partial charge on any atom is 0.272 e. The standard InChI is InChI=1S/C21H28N4O/c1-4-18-12-8-9-13-25(18)20(26)19-14-15(2)22-21(24-19)23-16(3)17-10-6-5-7-11-17/h5-7,10-11,14,16,18H,4,8-9,12-13H2,1-3H3,(H,22,23,24). The summed E-state index contributed by atoms with van der Waals surface area (Å²) in [6.07, 6.45) is 4.35. The summed E-state index contributed by atoms with van der Waals surface area (Å²) in [5.41, 5.74) is 2.45. The third-order valence-corrected chi connectivity index (χ3v) is 5.08. The summed E-state index contributed by atoms with van der Waals surface area (Å²) in [7, 11) is 0. The zero-order chi connectivity index (χ0) is 18.5. The van der Waals surface area contributed by atoms with E-state index in [0.717, 1.165) is 37.1 Å². The summed E-state index contributed by atoms with van der Waals surface area (Å²) < 4.78 is 0. The van der Waals surface area contributed by atoms with Gasteiger partial charge >= 0.3 is 0 Å². The number of rotatable bonds is 5. The molecule has 2 aromatic rings. The molecule has 2 heterocycles. The Labute approximate surface area is 155 Å². The Balaban J connectivity index is 1.80. The van der Waals surface area contributed by atoms with Crippen LogP contribution in [-0.4, -0.2) is 33.4 Å². The predicted octanol–water partition coefficient (Wildman–Crippen LogP) is 4.36. The van der Waals surface area contributed by atoms with Crippen LogP contribution in [0.2, 0.25) is 0 Å². The summed E-state index contributed by atoms with van der Waals surface area (Å²) in [5, 5.41) is 3.33. The lowest BCUT2D eigenvalue weighted by Gasteiger charge is -2.35. The number of amides is 1. The number of aryl methyl sites for hydroxylation is 1. The van der Waals surface area contributed by atoms with Crippen LogP contribution in [-0.2, 0) is 0 Å². The minimum absolute atomic E-state index is 0.0254. The van der Waals surface area contributed by atoms with Crippen molar-refractivity contribution in [3.8, 4) is 0 Å². The van der Waals surface area contributed by atoms with Crippen molar-refractivity contribution in [2.75, 3.05) is 11.9 Å². The van der Waals surface area contributed by atoms with Gasteiger partial charge in [-0.05, 0) is 51.2 Å². The smallest absolute Gasteiger partial charge is 0.272 e. The Morgan fingerprint density at radius 3 is 2.77 bits per heavy atom. The van der Waals surface area contributed by atoms with Gasteiger partial charge in [-0.3, -0.25) is 4.79 Å². The normalized spacial score (nSPS) is 18.4. The van der Waals surface area contributed by atoms with Crippen molar-refractivity contribution in [3.05, 3.63) is 53.3 Å². The first-order valence-corrected chi connectivity index (χ1v) is 9.56. The fourth-order valence-corrected chi connectivity index (χ4v) is 3.60. The van der Waals surface area contributed by atoms with Crippen LogP contribution in [0, 0.1) is 6.92 Å². The van der Waals surface area contributed by atoms with Crippen LogP contribution in [0.25, 0.3) is 0 Å². The molecule has 5 heteroatoms. The third-order valence-electron chi connectivity index (χ3n) is 5.08. The summed E-state index contributed by atoms with van der Waals surface area (Å²) in [6, 6.07) is 12.4. The van der Waals surface area contributed by atoms with Gasteiger partial charge in [0.15, 0.2) is 0 Å². The Morgan fingerprint density at radius 1 is 1.27 bits per heavy atom. The van der Waals surface area contributed by atoms with Crippen LogP contribution >= 0.6 is 0 Å². The Morgan fingerprint density at radius 2 is 2.04 bits per heavy atom. The highest BCUT2D eigenvalue weighted by molar-refractivity contribution is 5.93. The summed E-state index contributed by atoms with van der Waals surface area (Å²) in [4.78, 5) is 24.0. The zero-order valence-electron chi connectivity index (χ0n) is 15.9. The molecule has 0 aliphatic carbocycles. The Bertz CT molecular complexity index is 747. The maximum atomic E-state index is 13.0. The van der Waals surface area contributed by atoms with Gasteiger partial charge in [0, 0.05) is 18.3 Å². The second kappa shape index (κ2) is 8.30. The van der Waals surface area contributed by atoms with Crippen molar-refractivity contribution in [3.63, 3.8) is 0 Å². The van der Waals surface area contributed by atoms with Crippen molar-refractivity contribution in [2.24, 2.45) is 0 Å². The molecule has 1 N–H and O–H groups in total. The molecule has 5 nitrogen and oxygen atoms in total.